The fraction of sp³-hybridized carbons (Fsp3) is 0.625. The fourth-order valence-electron chi connectivity index (χ4n) is 4.33. The predicted molar refractivity (Wildman–Crippen MR) is 116 cm³/mol. The van der Waals surface area contributed by atoms with Crippen molar-refractivity contribution in [3.8, 4) is 0 Å². The molecule has 0 unspecified atom stereocenters. The number of aliphatic hydroxyl groups excluding tert-OH is 1. The standard InChI is InChI=1S/C24H35NO6/c1-7-11-18(25(16(2)26)14-17-12-9-8-10-13-17)20(27)22-21(30-24(5,6)31-22)19-15-28-23(3,4)29-19/h7-10,12-13,18-22,27H,1,11,14-15H2,2-6H3/t18-,19-,20+,21-,22-/m1/s1. The van der Waals surface area contributed by atoms with E-state index < -0.39 is 35.9 Å². The Balaban J connectivity index is 1.86. The second-order valence-corrected chi connectivity index (χ2v) is 9.15. The van der Waals surface area contributed by atoms with Crippen LogP contribution in [0.2, 0.25) is 0 Å². The Morgan fingerprint density at radius 3 is 2.42 bits per heavy atom. The van der Waals surface area contributed by atoms with Crippen LogP contribution in [0.3, 0.4) is 0 Å². The van der Waals surface area contributed by atoms with E-state index in [1.165, 1.54) is 6.92 Å². The summed E-state index contributed by atoms with van der Waals surface area (Å²) >= 11 is 0. The number of hydrogen-bond donors (Lipinski definition) is 1. The van der Waals surface area contributed by atoms with Gasteiger partial charge < -0.3 is 29.0 Å². The molecule has 0 spiro atoms. The first-order valence-corrected chi connectivity index (χ1v) is 10.8. The first-order valence-electron chi connectivity index (χ1n) is 10.8. The molecule has 0 aliphatic carbocycles. The lowest BCUT2D eigenvalue weighted by atomic mass is 9.94. The maximum Gasteiger partial charge on any atom is 0.220 e. The molecule has 2 aliphatic rings. The number of amides is 1. The van der Waals surface area contributed by atoms with Gasteiger partial charge in [-0.2, -0.15) is 0 Å². The predicted octanol–water partition coefficient (Wildman–Crippen LogP) is 3.01. The third kappa shape index (κ3) is 5.73. The van der Waals surface area contributed by atoms with Crippen molar-refractivity contribution in [1.82, 2.24) is 4.90 Å². The zero-order chi connectivity index (χ0) is 22.8. The quantitative estimate of drug-likeness (QED) is 0.635. The largest absolute Gasteiger partial charge is 0.388 e. The second-order valence-electron chi connectivity index (χ2n) is 9.15. The first-order chi connectivity index (χ1) is 14.5. The minimum Gasteiger partial charge on any atom is -0.388 e. The third-order valence-electron chi connectivity index (χ3n) is 5.70. The second kappa shape index (κ2) is 9.38. The minimum atomic E-state index is -1.01. The number of carbonyl (C=O) groups excluding carboxylic acids is 1. The van der Waals surface area contributed by atoms with Crippen LogP contribution in [0.5, 0.6) is 0 Å². The van der Waals surface area contributed by atoms with Gasteiger partial charge in [-0.15, -0.1) is 6.58 Å². The van der Waals surface area contributed by atoms with Gasteiger partial charge in [-0.05, 0) is 39.7 Å². The van der Waals surface area contributed by atoms with Crippen LogP contribution >= 0.6 is 0 Å². The molecule has 1 aromatic rings. The molecule has 1 aromatic carbocycles. The monoisotopic (exact) mass is 433 g/mol. The molecule has 0 saturated carbocycles. The molecule has 2 aliphatic heterocycles. The highest BCUT2D eigenvalue weighted by Gasteiger charge is 2.53. The molecule has 3 rings (SSSR count). The van der Waals surface area contributed by atoms with Gasteiger partial charge in [0, 0.05) is 13.5 Å². The summed E-state index contributed by atoms with van der Waals surface area (Å²) in [6, 6.07) is 9.17. The van der Waals surface area contributed by atoms with E-state index in [1.54, 1.807) is 11.0 Å². The summed E-state index contributed by atoms with van der Waals surface area (Å²) in [6.45, 7) is 13.4. The summed E-state index contributed by atoms with van der Waals surface area (Å²) in [5.74, 6) is -1.76. The number of aliphatic hydroxyl groups is 1. The lowest BCUT2D eigenvalue weighted by molar-refractivity contribution is -0.175. The van der Waals surface area contributed by atoms with Crippen molar-refractivity contribution in [2.24, 2.45) is 0 Å². The summed E-state index contributed by atoms with van der Waals surface area (Å²) in [5, 5.41) is 11.5. The molecule has 0 radical (unpaired) electrons. The van der Waals surface area contributed by atoms with E-state index in [2.05, 4.69) is 6.58 Å². The van der Waals surface area contributed by atoms with Gasteiger partial charge in [0.1, 0.15) is 24.4 Å². The van der Waals surface area contributed by atoms with E-state index >= 15 is 0 Å². The topological polar surface area (TPSA) is 77.5 Å². The van der Waals surface area contributed by atoms with Gasteiger partial charge in [0.15, 0.2) is 11.6 Å². The van der Waals surface area contributed by atoms with E-state index in [0.717, 1.165) is 5.56 Å². The van der Waals surface area contributed by atoms with Gasteiger partial charge in [-0.3, -0.25) is 4.79 Å². The van der Waals surface area contributed by atoms with Gasteiger partial charge in [0.25, 0.3) is 0 Å². The van der Waals surface area contributed by atoms with E-state index in [4.69, 9.17) is 18.9 Å². The molecule has 172 valence electrons. The molecule has 5 atom stereocenters. The van der Waals surface area contributed by atoms with Crippen LogP contribution in [0.1, 0.15) is 46.6 Å². The summed E-state index contributed by atoms with van der Waals surface area (Å²) in [7, 11) is 0. The van der Waals surface area contributed by atoms with Crippen LogP contribution in [0, 0.1) is 0 Å². The Morgan fingerprint density at radius 2 is 1.87 bits per heavy atom. The number of rotatable bonds is 8. The van der Waals surface area contributed by atoms with Crippen LogP contribution in [-0.2, 0) is 30.3 Å². The Hall–Kier alpha value is -1.77. The average molecular weight is 434 g/mol. The first kappa shape index (κ1) is 23.9. The van der Waals surface area contributed by atoms with Crippen molar-refractivity contribution in [1.29, 1.82) is 0 Å². The van der Waals surface area contributed by atoms with E-state index in [0.29, 0.717) is 19.6 Å². The number of carbonyl (C=O) groups is 1. The number of nitrogens with zero attached hydrogens (tertiary/aromatic N) is 1. The van der Waals surface area contributed by atoms with Crippen LogP contribution in [0.25, 0.3) is 0 Å². The van der Waals surface area contributed by atoms with Gasteiger partial charge in [0.05, 0.1) is 12.6 Å². The highest BCUT2D eigenvalue weighted by molar-refractivity contribution is 5.73. The van der Waals surface area contributed by atoms with Crippen LogP contribution in [0.4, 0.5) is 0 Å². The maximum atomic E-state index is 12.6. The SMILES string of the molecule is C=CC[C@H]([C@H](O)[C@H]1OC(C)(C)O[C@@H]1[C@H]1COC(C)(C)O1)N(Cc1ccccc1)C(C)=O. The third-order valence-corrected chi connectivity index (χ3v) is 5.70. The molecule has 7 nitrogen and oxygen atoms in total. The van der Waals surface area contributed by atoms with Crippen molar-refractivity contribution >= 4 is 5.91 Å². The van der Waals surface area contributed by atoms with Crippen molar-refractivity contribution < 1.29 is 28.8 Å². The van der Waals surface area contributed by atoms with Gasteiger partial charge in [0.2, 0.25) is 5.91 Å². The molecule has 2 heterocycles. The summed E-state index contributed by atoms with van der Waals surface area (Å²) in [6.07, 6.45) is -0.507. The molecule has 1 N–H and O–H groups in total. The van der Waals surface area contributed by atoms with Crippen molar-refractivity contribution in [2.75, 3.05) is 6.61 Å². The van der Waals surface area contributed by atoms with Crippen LogP contribution in [-0.4, -0.2) is 64.6 Å². The molecule has 0 bridgehead atoms. The van der Waals surface area contributed by atoms with E-state index in [9.17, 15) is 9.90 Å². The molecule has 2 fully saturated rings. The van der Waals surface area contributed by atoms with Crippen LogP contribution < -0.4 is 0 Å². The fourth-order valence-corrected chi connectivity index (χ4v) is 4.33. The number of ether oxygens (including phenoxy) is 4. The minimum absolute atomic E-state index is 0.133. The highest BCUT2D eigenvalue weighted by Crippen LogP contribution is 2.38. The molecular formula is C24H35NO6. The Kier molecular flexibility index (Phi) is 7.23. The Labute approximate surface area is 184 Å². The average Bonchev–Trinajstić information content (AvgIpc) is 3.23. The molecule has 2 saturated heterocycles. The van der Waals surface area contributed by atoms with Gasteiger partial charge in [-0.1, -0.05) is 36.4 Å². The molecular weight excluding hydrogens is 398 g/mol. The molecule has 1 amide bonds. The molecule has 7 heteroatoms. The summed E-state index contributed by atoms with van der Waals surface area (Å²) < 4.78 is 24.0. The van der Waals surface area contributed by atoms with Crippen LogP contribution in [0.15, 0.2) is 43.0 Å². The smallest absolute Gasteiger partial charge is 0.220 e. The summed E-state index contributed by atoms with van der Waals surface area (Å²) in [5.41, 5.74) is 0.980. The van der Waals surface area contributed by atoms with Crippen molar-refractivity contribution in [3.63, 3.8) is 0 Å². The van der Waals surface area contributed by atoms with Gasteiger partial charge in [-0.25, -0.2) is 0 Å². The van der Waals surface area contributed by atoms with Crippen molar-refractivity contribution in [2.45, 2.75) is 89.6 Å². The maximum absolute atomic E-state index is 12.6. The zero-order valence-electron chi connectivity index (χ0n) is 19.1. The van der Waals surface area contributed by atoms with E-state index in [-0.39, 0.29) is 12.0 Å². The summed E-state index contributed by atoms with van der Waals surface area (Å²) in [4.78, 5) is 14.3. The Bertz CT molecular complexity index is 765. The molecule has 31 heavy (non-hydrogen) atoms. The van der Waals surface area contributed by atoms with Crippen molar-refractivity contribution in [3.05, 3.63) is 48.6 Å². The number of benzene rings is 1. The Morgan fingerprint density at radius 1 is 1.19 bits per heavy atom. The normalized spacial score (nSPS) is 28.8. The lowest BCUT2D eigenvalue weighted by Crippen LogP contribution is -2.54. The van der Waals surface area contributed by atoms with E-state index in [1.807, 2.05) is 58.0 Å². The van der Waals surface area contributed by atoms with Gasteiger partial charge >= 0.3 is 0 Å². The lowest BCUT2D eigenvalue weighted by Gasteiger charge is -2.37. The number of hydrogen-bond acceptors (Lipinski definition) is 6. The molecule has 0 aromatic heterocycles. The zero-order valence-corrected chi connectivity index (χ0v) is 19.1. The highest BCUT2D eigenvalue weighted by atomic mass is 16.8.